The van der Waals surface area contributed by atoms with Crippen LogP contribution in [0.25, 0.3) is 0 Å². The van der Waals surface area contributed by atoms with Gasteiger partial charge in [0.25, 0.3) is 0 Å². The van der Waals surface area contributed by atoms with E-state index in [-0.39, 0.29) is 17.8 Å². The van der Waals surface area contributed by atoms with Crippen LogP contribution >= 0.6 is 11.6 Å². The summed E-state index contributed by atoms with van der Waals surface area (Å²) in [5, 5.41) is 2.86. The number of hydrogen-bond acceptors (Lipinski definition) is 2. The number of carbonyl (C=O) groups excluding carboxylic acids is 1. The smallest absolute Gasteiger partial charge is 0.235 e. The second kappa shape index (κ2) is 6.99. The number of hydrogen-bond donors (Lipinski definition) is 1. The molecule has 2 rings (SSSR count). The number of halogens is 3. The third-order valence-corrected chi connectivity index (χ3v) is 3.71. The molecule has 0 saturated carbocycles. The van der Waals surface area contributed by atoms with Crippen molar-refractivity contribution in [2.75, 3.05) is 19.0 Å². The van der Waals surface area contributed by atoms with Gasteiger partial charge in [-0.1, -0.05) is 6.07 Å². The lowest BCUT2D eigenvalue weighted by Crippen LogP contribution is -2.44. The summed E-state index contributed by atoms with van der Waals surface area (Å²) in [6.45, 7) is 2.21. The van der Waals surface area contributed by atoms with Gasteiger partial charge < -0.3 is 5.32 Å². The van der Waals surface area contributed by atoms with E-state index in [1.807, 2.05) is 0 Å². The SMILES string of the molecule is O=C(CCl)NC1CCN(Cc2ccc(F)c(F)c2)CC1. The molecule has 1 amide bonds. The molecule has 110 valence electrons. The molecular weight excluding hydrogens is 286 g/mol. The Hall–Kier alpha value is -1.20. The second-order valence-electron chi connectivity index (χ2n) is 5.00. The van der Waals surface area contributed by atoms with Crippen molar-refractivity contribution in [3.63, 3.8) is 0 Å². The molecule has 0 aliphatic carbocycles. The minimum absolute atomic E-state index is 0.0188. The van der Waals surface area contributed by atoms with Crippen LogP contribution in [0.3, 0.4) is 0 Å². The normalized spacial score (nSPS) is 17.1. The van der Waals surface area contributed by atoms with Crippen LogP contribution in [0.2, 0.25) is 0 Å². The monoisotopic (exact) mass is 302 g/mol. The van der Waals surface area contributed by atoms with E-state index in [0.717, 1.165) is 37.6 Å². The number of nitrogens with one attached hydrogen (secondary N) is 1. The van der Waals surface area contributed by atoms with Crippen LogP contribution in [-0.4, -0.2) is 35.8 Å². The maximum Gasteiger partial charge on any atom is 0.235 e. The minimum atomic E-state index is -0.823. The molecule has 6 heteroatoms. The number of alkyl halides is 1. The fourth-order valence-corrected chi connectivity index (χ4v) is 2.47. The Morgan fingerprint density at radius 2 is 2.00 bits per heavy atom. The third kappa shape index (κ3) is 4.15. The molecule has 1 aliphatic heterocycles. The fourth-order valence-electron chi connectivity index (χ4n) is 2.40. The Balaban J connectivity index is 1.82. The fraction of sp³-hybridized carbons (Fsp3) is 0.500. The maximum atomic E-state index is 13.1. The third-order valence-electron chi connectivity index (χ3n) is 3.46. The van der Waals surface area contributed by atoms with Crippen LogP contribution < -0.4 is 5.32 Å². The molecule has 1 N–H and O–H groups in total. The summed E-state index contributed by atoms with van der Waals surface area (Å²) < 4.78 is 26.0. The molecule has 1 heterocycles. The van der Waals surface area contributed by atoms with E-state index in [4.69, 9.17) is 11.6 Å². The van der Waals surface area contributed by atoms with Gasteiger partial charge in [-0.25, -0.2) is 8.78 Å². The lowest BCUT2D eigenvalue weighted by atomic mass is 10.0. The molecule has 1 saturated heterocycles. The molecule has 0 aromatic heterocycles. The Morgan fingerprint density at radius 1 is 1.30 bits per heavy atom. The van der Waals surface area contributed by atoms with Gasteiger partial charge in [-0.15, -0.1) is 11.6 Å². The van der Waals surface area contributed by atoms with Gasteiger partial charge in [-0.05, 0) is 30.5 Å². The molecule has 0 bridgehead atoms. The Labute approximate surface area is 121 Å². The zero-order valence-corrected chi connectivity index (χ0v) is 11.8. The van der Waals surface area contributed by atoms with Gasteiger partial charge in [0, 0.05) is 25.7 Å². The first kappa shape index (κ1) is 15.2. The van der Waals surface area contributed by atoms with Gasteiger partial charge in [0.15, 0.2) is 11.6 Å². The summed E-state index contributed by atoms with van der Waals surface area (Å²) in [7, 11) is 0. The number of rotatable bonds is 4. The molecule has 0 atom stereocenters. The van der Waals surface area contributed by atoms with Crippen LogP contribution in [0, 0.1) is 11.6 Å². The van der Waals surface area contributed by atoms with Gasteiger partial charge in [-0.3, -0.25) is 9.69 Å². The predicted molar refractivity (Wildman–Crippen MR) is 73.5 cm³/mol. The van der Waals surface area contributed by atoms with Crippen molar-refractivity contribution in [3.05, 3.63) is 35.4 Å². The zero-order chi connectivity index (χ0) is 14.5. The van der Waals surface area contributed by atoms with E-state index in [9.17, 15) is 13.6 Å². The molecular formula is C14H17ClF2N2O. The second-order valence-corrected chi connectivity index (χ2v) is 5.27. The Kier molecular flexibility index (Phi) is 5.31. The van der Waals surface area contributed by atoms with Crippen LogP contribution in [0.4, 0.5) is 8.78 Å². The molecule has 0 unspecified atom stereocenters. The standard InChI is InChI=1S/C14H17ClF2N2O/c15-8-14(20)18-11-3-5-19(6-4-11)9-10-1-2-12(16)13(17)7-10/h1-2,7,11H,3-6,8-9H2,(H,18,20). The highest BCUT2D eigenvalue weighted by atomic mass is 35.5. The summed E-state index contributed by atoms with van der Waals surface area (Å²) in [5.74, 6) is -1.80. The van der Waals surface area contributed by atoms with Crippen molar-refractivity contribution < 1.29 is 13.6 Å². The molecule has 0 spiro atoms. The molecule has 0 radical (unpaired) electrons. The number of benzene rings is 1. The molecule has 20 heavy (non-hydrogen) atoms. The van der Waals surface area contributed by atoms with Gasteiger partial charge in [0.1, 0.15) is 5.88 Å². The lowest BCUT2D eigenvalue weighted by molar-refractivity contribution is -0.119. The highest BCUT2D eigenvalue weighted by Gasteiger charge is 2.20. The first-order valence-electron chi connectivity index (χ1n) is 6.60. The van der Waals surface area contributed by atoms with Crippen molar-refractivity contribution in [1.29, 1.82) is 0 Å². The highest BCUT2D eigenvalue weighted by molar-refractivity contribution is 6.27. The number of nitrogens with zero attached hydrogens (tertiary/aromatic N) is 1. The van der Waals surface area contributed by atoms with Gasteiger partial charge in [0.05, 0.1) is 0 Å². The van der Waals surface area contributed by atoms with E-state index in [1.54, 1.807) is 6.07 Å². The average Bonchev–Trinajstić information content (AvgIpc) is 2.45. The van der Waals surface area contributed by atoms with E-state index < -0.39 is 11.6 Å². The number of amides is 1. The van der Waals surface area contributed by atoms with Crippen molar-refractivity contribution in [1.82, 2.24) is 10.2 Å². The van der Waals surface area contributed by atoms with Crippen LogP contribution in [0.1, 0.15) is 18.4 Å². The molecule has 1 aromatic carbocycles. The van der Waals surface area contributed by atoms with Crippen LogP contribution in [-0.2, 0) is 11.3 Å². The summed E-state index contributed by atoms with van der Waals surface area (Å²) >= 11 is 5.45. The summed E-state index contributed by atoms with van der Waals surface area (Å²) in [4.78, 5) is 13.4. The lowest BCUT2D eigenvalue weighted by Gasteiger charge is -2.32. The topological polar surface area (TPSA) is 32.3 Å². The number of likely N-dealkylation sites (tertiary alicyclic amines) is 1. The van der Waals surface area contributed by atoms with Crippen molar-refractivity contribution in [3.8, 4) is 0 Å². The first-order chi connectivity index (χ1) is 9.58. The van der Waals surface area contributed by atoms with Crippen LogP contribution in [0.15, 0.2) is 18.2 Å². The largest absolute Gasteiger partial charge is 0.352 e. The van der Waals surface area contributed by atoms with E-state index >= 15 is 0 Å². The van der Waals surface area contributed by atoms with Gasteiger partial charge in [-0.2, -0.15) is 0 Å². The Bertz CT molecular complexity index is 476. The minimum Gasteiger partial charge on any atom is -0.352 e. The van der Waals surface area contributed by atoms with E-state index in [1.165, 1.54) is 6.07 Å². The van der Waals surface area contributed by atoms with Crippen molar-refractivity contribution >= 4 is 17.5 Å². The van der Waals surface area contributed by atoms with E-state index in [2.05, 4.69) is 10.2 Å². The Morgan fingerprint density at radius 3 is 2.60 bits per heavy atom. The summed E-state index contributed by atoms with van der Waals surface area (Å²) in [6, 6.07) is 4.14. The van der Waals surface area contributed by atoms with Gasteiger partial charge in [0.2, 0.25) is 5.91 Å². The average molecular weight is 303 g/mol. The molecule has 1 aliphatic rings. The molecule has 3 nitrogen and oxygen atoms in total. The molecule has 1 aromatic rings. The predicted octanol–water partition coefficient (Wildman–Crippen LogP) is 2.28. The summed E-state index contributed by atoms with van der Waals surface area (Å²) in [6.07, 6.45) is 1.68. The van der Waals surface area contributed by atoms with Crippen molar-refractivity contribution in [2.24, 2.45) is 0 Å². The van der Waals surface area contributed by atoms with Crippen LogP contribution in [0.5, 0.6) is 0 Å². The highest BCUT2D eigenvalue weighted by Crippen LogP contribution is 2.15. The van der Waals surface area contributed by atoms with Gasteiger partial charge >= 0.3 is 0 Å². The zero-order valence-electron chi connectivity index (χ0n) is 11.0. The number of carbonyl (C=O) groups is 1. The summed E-state index contributed by atoms with van der Waals surface area (Å²) in [5.41, 5.74) is 0.757. The number of piperidine rings is 1. The maximum absolute atomic E-state index is 13.1. The molecule has 1 fully saturated rings. The van der Waals surface area contributed by atoms with E-state index in [0.29, 0.717) is 6.54 Å². The van der Waals surface area contributed by atoms with Crippen molar-refractivity contribution in [2.45, 2.75) is 25.4 Å². The first-order valence-corrected chi connectivity index (χ1v) is 7.13. The quantitative estimate of drug-likeness (QED) is 0.866.